The number of nitrogens with zero attached hydrogens (tertiary/aromatic N) is 2. The molecule has 0 radical (unpaired) electrons. The molecule has 3 atom stereocenters. The maximum atomic E-state index is 12.1. The van der Waals surface area contributed by atoms with Gasteiger partial charge in [-0.25, -0.2) is 12.7 Å². The molecular formula is C16H24N2O3S. The minimum absolute atomic E-state index is 0.190. The molecule has 0 aromatic heterocycles. The molecule has 122 valence electrons. The minimum atomic E-state index is -3.08. The molecule has 5 nitrogen and oxygen atoms in total. The Hall–Kier alpha value is -1.11. The summed E-state index contributed by atoms with van der Waals surface area (Å²) in [6.45, 7) is 3.98. The van der Waals surface area contributed by atoms with Gasteiger partial charge in [-0.3, -0.25) is 4.90 Å². The van der Waals surface area contributed by atoms with Crippen molar-refractivity contribution in [3.63, 3.8) is 0 Å². The minimum Gasteiger partial charge on any atom is -0.497 e. The van der Waals surface area contributed by atoms with Crippen LogP contribution in [-0.4, -0.2) is 57.2 Å². The lowest BCUT2D eigenvalue weighted by Gasteiger charge is -2.26. The van der Waals surface area contributed by atoms with Crippen molar-refractivity contribution < 1.29 is 13.2 Å². The van der Waals surface area contributed by atoms with Gasteiger partial charge in [0, 0.05) is 25.7 Å². The Morgan fingerprint density at radius 3 is 2.45 bits per heavy atom. The SMILES string of the molecule is CCS(=O)(=O)N1C[C@@H]2CN(C)[C@@H](c3ccc(OC)cc3)[C@@H]2C1. The molecular weight excluding hydrogens is 300 g/mol. The van der Waals surface area contributed by atoms with Crippen LogP contribution in [0.5, 0.6) is 5.75 Å². The second kappa shape index (κ2) is 5.83. The number of fused-ring (bicyclic) bond motifs is 1. The van der Waals surface area contributed by atoms with Crippen molar-refractivity contribution in [1.82, 2.24) is 9.21 Å². The van der Waals surface area contributed by atoms with Crippen LogP contribution >= 0.6 is 0 Å². The molecule has 0 unspecified atom stereocenters. The predicted octanol–water partition coefficient (Wildman–Crippen LogP) is 1.58. The van der Waals surface area contributed by atoms with Crippen LogP contribution in [0.4, 0.5) is 0 Å². The molecule has 2 fully saturated rings. The van der Waals surface area contributed by atoms with Crippen LogP contribution in [0.15, 0.2) is 24.3 Å². The van der Waals surface area contributed by atoms with Crippen molar-refractivity contribution >= 4 is 10.0 Å². The van der Waals surface area contributed by atoms with E-state index in [0.29, 0.717) is 24.9 Å². The van der Waals surface area contributed by atoms with Crippen LogP contribution in [0.3, 0.4) is 0 Å². The molecule has 0 saturated carbocycles. The molecule has 0 bridgehead atoms. The standard InChI is InChI=1S/C16H24N2O3S/c1-4-22(19,20)18-10-13-9-17(2)16(15(13)11-18)12-5-7-14(21-3)8-6-12/h5-8,13,15-16H,4,9-11H2,1-3H3/t13-,15+,16-/m0/s1. The quantitative estimate of drug-likeness (QED) is 0.844. The normalized spacial score (nSPS) is 29.7. The van der Waals surface area contributed by atoms with Crippen LogP contribution in [-0.2, 0) is 10.0 Å². The summed E-state index contributed by atoms with van der Waals surface area (Å²) in [5.74, 6) is 1.84. The van der Waals surface area contributed by atoms with Crippen molar-refractivity contribution in [2.45, 2.75) is 13.0 Å². The number of hydrogen-bond donors (Lipinski definition) is 0. The Morgan fingerprint density at radius 1 is 1.18 bits per heavy atom. The summed E-state index contributed by atoms with van der Waals surface area (Å²) in [6.07, 6.45) is 0. The van der Waals surface area contributed by atoms with Gasteiger partial charge in [0.05, 0.1) is 12.9 Å². The molecule has 22 heavy (non-hydrogen) atoms. The maximum Gasteiger partial charge on any atom is 0.213 e. The van der Waals surface area contributed by atoms with Gasteiger partial charge in [0.1, 0.15) is 5.75 Å². The van der Waals surface area contributed by atoms with Gasteiger partial charge in [0.25, 0.3) is 0 Å². The fourth-order valence-corrected chi connectivity index (χ4v) is 5.11. The molecule has 0 spiro atoms. The second-order valence-corrected chi connectivity index (χ2v) is 8.56. The number of benzene rings is 1. The lowest BCUT2D eigenvalue weighted by molar-refractivity contribution is 0.261. The van der Waals surface area contributed by atoms with E-state index in [2.05, 4.69) is 24.1 Å². The molecule has 2 aliphatic heterocycles. The number of hydrogen-bond acceptors (Lipinski definition) is 4. The highest BCUT2D eigenvalue weighted by Gasteiger charge is 2.48. The van der Waals surface area contributed by atoms with E-state index in [1.165, 1.54) is 5.56 Å². The van der Waals surface area contributed by atoms with Gasteiger partial charge in [0.2, 0.25) is 10.0 Å². The van der Waals surface area contributed by atoms with Crippen molar-refractivity contribution in [3.05, 3.63) is 29.8 Å². The van der Waals surface area contributed by atoms with Crippen LogP contribution in [0, 0.1) is 11.8 Å². The van der Waals surface area contributed by atoms with Crippen LogP contribution < -0.4 is 4.74 Å². The second-order valence-electron chi connectivity index (χ2n) is 6.30. The zero-order valence-electron chi connectivity index (χ0n) is 13.4. The summed E-state index contributed by atoms with van der Waals surface area (Å²) < 4.78 is 31.2. The van der Waals surface area contributed by atoms with E-state index in [4.69, 9.17) is 4.74 Å². The Bertz CT molecular complexity index is 629. The molecule has 0 N–H and O–H groups in total. The van der Waals surface area contributed by atoms with E-state index in [9.17, 15) is 8.42 Å². The fourth-order valence-electron chi connectivity index (χ4n) is 3.93. The summed E-state index contributed by atoms with van der Waals surface area (Å²) in [5, 5.41) is 0. The Kier molecular flexibility index (Phi) is 4.18. The highest BCUT2D eigenvalue weighted by molar-refractivity contribution is 7.89. The fraction of sp³-hybridized carbons (Fsp3) is 0.625. The van der Waals surface area contributed by atoms with Crippen LogP contribution in [0.2, 0.25) is 0 Å². The van der Waals surface area contributed by atoms with Gasteiger partial charge in [-0.1, -0.05) is 12.1 Å². The predicted molar refractivity (Wildman–Crippen MR) is 86.4 cm³/mol. The monoisotopic (exact) mass is 324 g/mol. The van der Waals surface area contributed by atoms with Crippen molar-refractivity contribution in [2.75, 3.05) is 39.5 Å². The Balaban J connectivity index is 1.83. The molecule has 2 saturated heterocycles. The molecule has 1 aromatic rings. The molecule has 1 aromatic carbocycles. The van der Waals surface area contributed by atoms with Gasteiger partial charge in [-0.2, -0.15) is 0 Å². The summed E-state index contributed by atoms with van der Waals surface area (Å²) in [7, 11) is 0.716. The number of rotatable bonds is 4. The number of methoxy groups -OCH3 is 1. The average molecular weight is 324 g/mol. The first-order chi connectivity index (χ1) is 10.5. The van der Waals surface area contributed by atoms with E-state index in [1.807, 2.05) is 12.1 Å². The molecule has 2 heterocycles. The molecule has 0 aliphatic carbocycles. The smallest absolute Gasteiger partial charge is 0.213 e. The number of likely N-dealkylation sites (tertiary alicyclic amines) is 1. The first kappa shape index (κ1) is 15.8. The van der Waals surface area contributed by atoms with Crippen molar-refractivity contribution in [2.24, 2.45) is 11.8 Å². The first-order valence-electron chi connectivity index (χ1n) is 7.78. The summed E-state index contributed by atoms with van der Waals surface area (Å²) >= 11 is 0. The van der Waals surface area contributed by atoms with Gasteiger partial charge >= 0.3 is 0 Å². The van der Waals surface area contributed by atoms with Crippen molar-refractivity contribution in [1.29, 1.82) is 0 Å². The third-order valence-corrected chi connectivity index (χ3v) is 6.89. The van der Waals surface area contributed by atoms with E-state index >= 15 is 0 Å². The van der Waals surface area contributed by atoms with Gasteiger partial charge in [-0.05, 0) is 43.5 Å². The van der Waals surface area contributed by atoms with Crippen molar-refractivity contribution in [3.8, 4) is 5.75 Å². The molecule has 2 aliphatic rings. The van der Waals surface area contributed by atoms with Crippen LogP contribution in [0.1, 0.15) is 18.5 Å². The van der Waals surface area contributed by atoms with E-state index in [1.54, 1.807) is 18.3 Å². The highest BCUT2D eigenvalue weighted by Crippen LogP contribution is 2.44. The van der Waals surface area contributed by atoms with E-state index < -0.39 is 10.0 Å². The summed E-state index contributed by atoms with van der Waals surface area (Å²) in [6, 6.07) is 8.43. The van der Waals surface area contributed by atoms with Crippen LogP contribution in [0.25, 0.3) is 0 Å². The third-order valence-electron chi connectivity index (χ3n) is 5.08. The lowest BCUT2D eigenvalue weighted by atomic mass is 9.89. The zero-order valence-corrected chi connectivity index (χ0v) is 14.2. The maximum absolute atomic E-state index is 12.1. The Labute approximate surface area is 132 Å². The molecule has 0 amide bonds. The lowest BCUT2D eigenvalue weighted by Crippen LogP contribution is -2.34. The summed E-state index contributed by atoms with van der Waals surface area (Å²) in [4.78, 5) is 2.35. The third kappa shape index (κ3) is 2.64. The highest BCUT2D eigenvalue weighted by atomic mass is 32.2. The zero-order chi connectivity index (χ0) is 15.9. The molecule has 6 heteroatoms. The first-order valence-corrected chi connectivity index (χ1v) is 9.39. The van der Waals surface area contributed by atoms with E-state index in [0.717, 1.165) is 12.3 Å². The number of ether oxygens (including phenoxy) is 1. The Morgan fingerprint density at radius 2 is 1.86 bits per heavy atom. The van der Waals surface area contributed by atoms with Gasteiger partial charge < -0.3 is 4.74 Å². The van der Waals surface area contributed by atoms with Gasteiger partial charge in [-0.15, -0.1) is 0 Å². The topological polar surface area (TPSA) is 49.9 Å². The number of sulfonamides is 1. The van der Waals surface area contributed by atoms with E-state index in [-0.39, 0.29) is 11.8 Å². The largest absolute Gasteiger partial charge is 0.497 e. The average Bonchev–Trinajstić information content (AvgIpc) is 3.04. The van der Waals surface area contributed by atoms with Gasteiger partial charge in [0.15, 0.2) is 0 Å². The summed E-state index contributed by atoms with van der Waals surface area (Å²) in [5.41, 5.74) is 1.24. The molecule has 3 rings (SSSR count).